The van der Waals surface area contributed by atoms with Crippen LogP contribution in [0.3, 0.4) is 0 Å². The molecule has 2 amide bonds. The number of anilines is 2. The summed E-state index contributed by atoms with van der Waals surface area (Å²) >= 11 is 0. The normalized spacial score (nSPS) is 16.2. The summed E-state index contributed by atoms with van der Waals surface area (Å²) in [5, 5.41) is 3.10. The fourth-order valence-corrected chi connectivity index (χ4v) is 3.95. The minimum Gasteiger partial charge on any atom is -0.369 e. The summed E-state index contributed by atoms with van der Waals surface area (Å²) in [4.78, 5) is 57.6. The molecule has 3 aromatic rings. The van der Waals surface area contributed by atoms with Gasteiger partial charge in [0.1, 0.15) is 5.82 Å². The van der Waals surface area contributed by atoms with E-state index < -0.39 is 17.2 Å². The summed E-state index contributed by atoms with van der Waals surface area (Å²) in [6, 6.07) is 8.06. The van der Waals surface area contributed by atoms with Gasteiger partial charge in [0.25, 0.3) is 11.5 Å². The van der Waals surface area contributed by atoms with Crippen LogP contribution in [0.5, 0.6) is 0 Å². The Bertz CT molecular complexity index is 1290. The maximum absolute atomic E-state index is 12.7. The van der Waals surface area contributed by atoms with Gasteiger partial charge in [-0.3, -0.25) is 19.0 Å². The first-order valence-electron chi connectivity index (χ1n) is 10.5. The van der Waals surface area contributed by atoms with E-state index in [-0.39, 0.29) is 18.4 Å². The lowest BCUT2D eigenvalue weighted by molar-refractivity contribution is -0.122. The van der Waals surface area contributed by atoms with Gasteiger partial charge in [-0.2, -0.15) is 0 Å². The van der Waals surface area contributed by atoms with Crippen molar-refractivity contribution in [3.05, 3.63) is 62.9 Å². The summed E-state index contributed by atoms with van der Waals surface area (Å²) in [5.74, 6) is -0.173. The number of fused-ring (bicyclic) bond motifs is 1. The molecule has 0 spiro atoms. The molecule has 0 radical (unpaired) electrons. The van der Waals surface area contributed by atoms with Crippen LogP contribution in [0.2, 0.25) is 0 Å². The second-order valence-corrected chi connectivity index (χ2v) is 7.79. The minimum absolute atomic E-state index is 0.189. The number of amides is 2. The second kappa shape index (κ2) is 8.66. The number of piperidine rings is 1. The molecule has 166 valence electrons. The molecule has 32 heavy (non-hydrogen) atoms. The van der Waals surface area contributed by atoms with Gasteiger partial charge in [-0.1, -0.05) is 0 Å². The van der Waals surface area contributed by atoms with Crippen molar-refractivity contribution < 1.29 is 9.59 Å². The van der Waals surface area contributed by atoms with Gasteiger partial charge in [0.15, 0.2) is 0 Å². The first kappa shape index (κ1) is 21.3. The van der Waals surface area contributed by atoms with E-state index in [1.807, 2.05) is 4.90 Å². The second-order valence-electron chi connectivity index (χ2n) is 7.79. The predicted octanol–water partition coefficient (Wildman–Crippen LogP) is 1.06. The van der Waals surface area contributed by atoms with Gasteiger partial charge in [-0.25, -0.2) is 9.78 Å². The highest BCUT2D eigenvalue weighted by Crippen LogP contribution is 2.22. The van der Waals surface area contributed by atoms with Crippen molar-refractivity contribution in [1.29, 1.82) is 0 Å². The fourth-order valence-electron chi connectivity index (χ4n) is 3.95. The van der Waals surface area contributed by atoms with Gasteiger partial charge in [-0.15, -0.1) is 0 Å². The Morgan fingerprint density at radius 1 is 1.25 bits per heavy atom. The Morgan fingerprint density at radius 3 is 2.75 bits per heavy atom. The maximum Gasteiger partial charge on any atom is 0.328 e. The summed E-state index contributed by atoms with van der Waals surface area (Å²) < 4.78 is 1.10. The largest absolute Gasteiger partial charge is 0.369 e. The number of hydrogen-bond acceptors (Lipinski definition) is 6. The lowest BCUT2D eigenvalue weighted by Gasteiger charge is -2.32. The van der Waals surface area contributed by atoms with Gasteiger partial charge < -0.3 is 20.9 Å². The molecule has 2 aromatic heterocycles. The zero-order valence-electron chi connectivity index (χ0n) is 17.6. The molecule has 4 N–H and O–H groups in total. The predicted molar refractivity (Wildman–Crippen MR) is 121 cm³/mol. The third-order valence-corrected chi connectivity index (χ3v) is 5.71. The first-order valence-corrected chi connectivity index (χ1v) is 10.5. The monoisotopic (exact) mass is 436 g/mol. The summed E-state index contributed by atoms with van der Waals surface area (Å²) in [6.45, 7) is 3.29. The van der Waals surface area contributed by atoms with Crippen LogP contribution in [0.4, 0.5) is 11.5 Å². The SMILES string of the molecule is CCn1c(=O)[nH]c2cc(C(=O)Nc3ccc(N4CCCC(C(N)=O)C4)nc3)ccc2c1=O. The molecule has 1 atom stereocenters. The highest BCUT2D eigenvalue weighted by Gasteiger charge is 2.24. The van der Waals surface area contributed by atoms with E-state index >= 15 is 0 Å². The van der Waals surface area contributed by atoms with Crippen LogP contribution < -0.4 is 27.2 Å². The number of aromatic amines is 1. The first-order chi connectivity index (χ1) is 15.4. The molecule has 1 fully saturated rings. The number of carbonyl (C=O) groups excluding carboxylic acids is 2. The number of rotatable bonds is 5. The van der Waals surface area contributed by atoms with Crippen molar-refractivity contribution in [2.24, 2.45) is 11.7 Å². The molecule has 10 nitrogen and oxygen atoms in total. The molecule has 4 rings (SSSR count). The van der Waals surface area contributed by atoms with E-state index in [0.717, 1.165) is 24.0 Å². The van der Waals surface area contributed by atoms with E-state index in [1.165, 1.54) is 18.2 Å². The van der Waals surface area contributed by atoms with Crippen molar-refractivity contribution in [2.75, 3.05) is 23.3 Å². The van der Waals surface area contributed by atoms with Crippen LogP contribution in [0.1, 0.15) is 30.1 Å². The molecular formula is C22H24N6O4. The molecule has 10 heteroatoms. The van der Waals surface area contributed by atoms with Crippen LogP contribution in [0.15, 0.2) is 46.1 Å². The number of hydrogen-bond donors (Lipinski definition) is 3. The van der Waals surface area contributed by atoms with Gasteiger partial charge >= 0.3 is 5.69 Å². The van der Waals surface area contributed by atoms with E-state index in [9.17, 15) is 19.2 Å². The van der Waals surface area contributed by atoms with E-state index in [2.05, 4.69) is 15.3 Å². The highest BCUT2D eigenvalue weighted by molar-refractivity contribution is 6.06. The van der Waals surface area contributed by atoms with Crippen LogP contribution in [0.25, 0.3) is 10.9 Å². The van der Waals surface area contributed by atoms with Gasteiger partial charge in [-0.05, 0) is 50.1 Å². The third-order valence-electron chi connectivity index (χ3n) is 5.71. The zero-order chi connectivity index (χ0) is 22.8. The topological polar surface area (TPSA) is 143 Å². The Hall–Kier alpha value is -3.95. The average Bonchev–Trinajstić information content (AvgIpc) is 2.79. The van der Waals surface area contributed by atoms with E-state index in [4.69, 9.17) is 5.73 Å². The van der Waals surface area contributed by atoms with Crippen LogP contribution >= 0.6 is 0 Å². The molecule has 0 aliphatic carbocycles. The summed E-state index contributed by atoms with van der Waals surface area (Å²) in [6.07, 6.45) is 3.19. The zero-order valence-corrected chi connectivity index (χ0v) is 17.6. The molecular weight excluding hydrogens is 412 g/mol. The lowest BCUT2D eigenvalue weighted by Crippen LogP contribution is -2.41. The molecule has 1 aliphatic heterocycles. The highest BCUT2D eigenvalue weighted by atomic mass is 16.2. The minimum atomic E-state index is -0.515. The average molecular weight is 436 g/mol. The standard InChI is InChI=1S/C22H24N6O4/c1-2-28-21(31)16-7-5-13(10-17(16)26-22(28)32)20(30)25-15-6-8-18(24-11-15)27-9-3-4-14(12-27)19(23)29/h5-8,10-11,14H,2-4,9,12H2,1H3,(H2,23,29)(H,25,30)(H,26,32). The summed E-state index contributed by atoms with van der Waals surface area (Å²) in [7, 11) is 0. The number of nitrogens with zero attached hydrogens (tertiary/aromatic N) is 3. The Morgan fingerprint density at radius 2 is 2.06 bits per heavy atom. The number of benzene rings is 1. The van der Waals surface area contributed by atoms with Crippen molar-refractivity contribution in [1.82, 2.24) is 14.5 Å². The van der Waals surface area contributed by atoms with Crippen LogP contribution in [0, 0.1) is 5.92 Å². The van der Waals surface area contributed by atoms with Crippen molar-refractivity contribution >= 4 is 34.2 Å². The third kappa shape index (κ3) is 4.11. The molecule has 1 unspecified atom stereocenters. The smallest absolute Gasteiger partial charge is 0.328 e. The quantitative estimate of drug-likeness (QED) is 0.546. The molecule has 3 heterocycles. The Kier molecular flexibility index (Phi) is 5.76. The number of nitrogens with two attached hydrogens (primary N) is 1. The number of aromatic nitrogens is 3. The van der Waals surface area contributed by atoms with Gasteiger partial charge in [0.05, 0.1) is 28.7 Å². The van der Waals surface area contributed by atoms with E-state index in [1.54, 1.807) is 25.3 Å². The molecule has 1 saturated heterocycles. The number of nitrogens with one attached hydrogen (secondary N) is 2. The number of primary amides is 1. The lowest BCUT2D eigenvalue weighted by atomic mass is 9.97. The number of carbonyl (C=O) groups is 2. The maximum atomic E-state index is 12.7. The molecule has 1 aromatic carbocycles. The molecule has 0 bridgehead atoms. The van der Waals surface area contributed by atoms with Crippen molar-refractivity contribution in [2.45, 2.75) is 26.3 Å². The fraction of sp³-hybridized carbons (Fsp3) is 0.318. The van der Waals surface area contributed by atoms with Gasteiger partial charge in [0.2, 0.25) is 5.91 Å². The Balaban J connectivity index is 1.50. The van der Waals surface area contributed by atoms with Crippen LogP contribution in [-0.4, -0.2) is 39.4 Å². The molecule has 1 aliphatic rings. The van der Waals surface area contributed by atoms with Gasteiger partial charge in [0, 0.05) is 25.2 Å². The molecule has 0 saturated carbocycles. The van der Waals surface area contributed by atoms with E-state index in [0.29, 0.717) is 34.5 Å². The van der Waals surface area contributed by atoms with Crippen molar-refractivity contribution in [3.8, 4) is 0 Å². The number of H-pyrrole nitrogens is 1. The van der Waals surface area contributed by atoms with Crippen LogP contribution in [-0.2, 0) is 11.3 Å². The Labute approximate surface area is 183 Å². The number of pyridine rings is 1. The summed E-state index contributed by atoms with van der Waals surface area (Å²) in [5.41, 5.74) is 5.63. The van der Waals surface area contributed by atoms with Crippen molar-refractivity contribution in [3.63, 3.8) is 0 Å².